The molecule has 0 radical (unpaired) electrons. The fourth-order valence-corrected chi connectivity index (χ4v) is 2.27. The molecule has 2 aromatic rings. The van der Waals surface area contributed by atoms with Crippen molar-refractivity contribution in [2.75, 3.05) is 6.54 Å². The van der Waals surface area contributed by atoms with Crippen molar-refractivity contribution in [2.45, 2.75) is 13.3 Å². The van der Waals surface area contributed by atoms with E-state index in [9.17, 15) is 0 Å². The lowest BCUT2D eigenvalue weighted by molar-refractivity contribution is 0.476. The molecule has 0 fully saturated rings. The zero-order valence-corrected chi connectivity index (χ0v) is 12.1. The molecule has 0 unspecified atom stereocenters. The van der Waals surface area contributed by atoms with Crippen molar-refractivity contribution in [3.05, 3.63) is 57.6 Å². The molecule has 2 N–H and O–H groups in total. The van der Waals surface area contributed by atoms with E-state index in [1.54, 1.807) is 6.07 Å². The van der Waals surface area contributed by atoms with E-state index >= 15 is 0 Å². The van der Waals surface area contributed by atoms with Crippen LogP contribution in [-0.2, 0) is 6.42 Å². The Morgan fingerprint density at radius 1 is 1.05 bits per heavy atom. The lowest BCUT2D eigenvalue weighted by atomic mass is 10.1. The third-order valence-corrected chi connectivity index (χ3v) is 3.27. The third-order valence-electron chi connectivity index (χ3n) is 2.74. The minimum Gasteiger partial charge on any atom is -0.456 e. The van der Waals surface area contributed by atoms with Gasteiger partial charge in [-0.1, -0.05) is 29.3 Å². The highest BCUT2D eigenvalue weighted by molar-refractivity contribution is 6.32. The monoisotopic (exact) mass is 295 g/mol. The fourth-order valence-electron chi connectivity index (χ4n) is 1.81. The van der Waals surface area contributed by atoms with Crippen LogP contribution in [0.3, 0.4) is 0 Å². The summed E-state index contributed by atoms with van der Waals surface area (Å²) >= 11 is 12.1. The van der Waals surface area contributed by atoms with Gasteiger partial charge in [-0.2, -0.15) is 0 Å². The molecule has 0 aliphatic rings. The van der Waals surface area contributed by atoms with Crippen LogP contribution in [0.2, 0.25) is 10.0 Å². The second kappa shape index (κ2) is 6.29. The predicted molar refractivity (Wildman–Crippen MR) is 80.5 cm³/mol. The zero-order chi connectivity index (χ0) is 13.8. The van der Waals surface area contributed by atoms with Gasteiger partial charge in [0.1, 0.15) is 11.5 Å². The van der Waals surface area contributed by atoms with Gasteiger partial charge >= 0.3 is 0 Å². The summed E-state index contributed by atoms with van der Waals surface area (Å²) in [5.74, 6) is 1.37. The SMILES string of the molecule is Cc1ccc(Oc2ccc(Cl)cc2CCN)c(Cl)c1. The Labute approximate surface area is 123 Å². The van der Waals surface area contributed by atoms with E-state index in [1.807, 2.05) is 37.3 Å². The number of hydrogen-bond donors (Lipinski definition) is 1. The molecule has 0 bridgehead atoms. The molecule has 100 valence electrons. The van der Waals surface area contributed by atoms with E-state index in [4.69, 9.17) is 33.7 Å². The maximum absolute atomic E-state index is 6.16. The highest BCUT2D eigenvalue weighted by Gasteiger charge is 2.08. The summed E-state index contributed by atoms with van der Waals surface area (Å²) < 4.78 is 5.86. The van der Waals surface area contributed by atoms with Gasteiger partial charge < -0.3 is 10.5 Å². The van der Waals surface area contributed by atoms with E-state index in [2.05, 4.69) is 0 Å². The number of halogens is 2. The van der Waals surface area contributed by atoms with Gasteiger partial charge in [0.15, 0.2) is 0 Å². The van der Waals surface area contributed by atoms with E-state index in [-0.39, 0.29) is 0 Å². The molecule has 0 atom stereocenters. The molecule has 0 saturated heterocycles. The normalized spacial score (nSPS) is 10.5. The van der Waals surface area contributed by atoms with Gasteiger partial charge in [-0.3, -0.25) is 0 Å². The number of hydrogen-bond acceptors (Lipinski definition) is 2. The van der Waals surface area contributed by atoms with Gasteiger partial charge in [0.05, 0.1) is 5.02 Å². The Morgan fingerprint density at radius 2 is 1.79 bits per heavy atom. The summed E-state index contributed by atoms with van der Waals surface area (Å²) in [4.78, 5) is 0. The van der Waals surface area contributed by atoms with Gasteiger partial charge in [0.2, 0.25) is 0 Å². The van der Waals surface area contributed by atoms with Crippen molar-refractivity contribution in [2.24, 2.45) is 5.73 Å². The molecule has 0 aliphatic carbocycles. The smallest absolute Gasteiger partial charge is 0.146 e. The first-order valence-electron chi connectivity index (χ1n) is 6.02. The standard InChI is InChI=1S/C15H15Cl2NO/c1-10-2-4-15(13(17)8-10)19-14-5-3-12(16)9-11(14)6-7-18/h2-5,8-9H,6-7,18H2,1H3. The number of ether oxygens (including phenoxy) is 1. The maximum Gasteiger partial charge on any atom is 0.146 e. The first-order valence-corrected chi connectivity index (χ1v) is 6.78. The van der Waals surface area contributed by atoms with E-state index in [0.717, 1.165) is 16.9 Å². The van der Waals surface area contributed by atoms with Gasteiger partial charge in [0, 0.05) is 5.02 Å². The zero-order valence-electron chi connectivity index (χ0n) is 10.6. The topological polar surface area (TPSA) is 35.2 Å². The lowest BCUT2D eigenvalue weighted by Crippen LogP contribution is -2.04. The van der Waals surface area contributed by atoms with Crippen LogP contribution in [-0.4, -0.2) is 6.54 Å². The van der Waals surface area contributed by atoms with Crippen LogP contribution < -0.4 is 10.5 Å². The molecule has 2 nitrogen and oxygen atoms in total. The van der Waals surface area contributed by atoms with Crippen LogP contribution in [0.5, 0.6) is 11.5 Å². The fraction of sp³-hybridized carbons (Fsp3) is 0.200. The molecule has 0 saturated carbocycles. The molecular formula is C15H15Cl2NO. The average Bonchev–Trinajstić information content (AvgIpc) is 2.36. The van der Waals surface area contributed by atoms with Crippen molar-refractivity contribution in [3.63, 3.8) is 0 Å². The highest BCUT2D eigenvalue weighted by atomic mass is 35.5. The van der Waals surface area contributed by atoms with Gasteiger partial charge in [-0.05, 0) is 61.3 Å². The molecule has 2 aromatic carbocycles. The minimum atomic E-state index is 0.540. The highest BCUT2D eigenvalue weighted by Crippen LogP contribution is 2.33. The number of aryl methyl sites for hydroxylation is 1. The van der Waals surface area contributed by atoms with Crippen LogP contribution in [0.25, 0.3) is 0 Å². The van der Waals surface area contributed by atoms with Crippen LogP contribution in [0.15, 0.2) is 36.4 Å². The summed E-state index contributed by atoms with van der Waals surface area (Å²) in [6.07, 6.45) is 0.708. The van der Waals surface area contributed by atoms with Gasteiger partial charge in [-0.25, -0.2) is 0 Å². The molecule has 0 amide bonds. The van der Waals surface area contributed by atoms with Crippen molar-refractivity contribution in [3.8, 4) is 11.5 Å². The Balaban J connectivity index is 2.32. The number of rotatable bonds is 4. The molecule has 2 rings (SSSR count). The van der Waals surface area contributed by atoms with Crippen molar-refractivity contribution in [1.82, 2.24) is 0 Å². The van der Waals surface area contributed by atoms with Gasteiger partial charge in [-0.15, -0.1) is 0 Å². The second-order valence-electron chi connectivity index (χ2n) is 4.33. The summed E-state index contributed by atoms with van der Waals surface area (Å²) in [5.41, 5.74) is 7.67. The van der Waals surface area contributed by atoms with Crippen molar-refractivity contribution >= 4 is 23.2 Å². The molecule has 19 heavy (non-hydrogen) atoms. The number of benzene rings is 2. The lowest BCUT2D eigenvalue weighted by Gasteiger charge is -2.12. The van der Waals surface area contributed by atoms with Crippen LogP contribution in [0, 0.1) is 6.92 Å². The Bertz CT molecular complexity index is 584. The minimum absolute atomic E-state index is 0.540. The summed E-state index contributed by atoms with van der Waals surface area (Å²) in [5, 5.41) is 1.26. The van der Waals surface area contributed by atoms with Crippen molar-refractivity contribution < 1.29 is 4.74 Å². The van der Waals surface area contributed by atoms with Crippen LogP contribution in [0.1, 0.15) is 11.1 Å². The summed E-state index contributed by atoms with van der Waals surface area (Å²) in [7, 11) is 0. The first kappa shape index (κ1) is 14.2. The summed E-state index contributed by atoms with van der Waals surface area (Å²) in [6, 6.07) is 11.2. The van der Waals surface area contributed by atoms with E-state index < -0.39 is 0 Å². The van der Waals surface area contributed by atoms with E-state index in [1.165, 1.54) is 0 Å². The molecule has 0 aliphatic heterocycles. The molecule has 0 spiro atoms. The number of nitrogens with two attached hydrogens (primary N) is 1. The van der Waals surface area contributed by atoms with E-state index in [0.29, 0.717) is 28.8 Å². The second-order valence-corrected chi connectivity index (χ2v) is 5.17. The largest absolute Gasteiger partial charge is 0.456 e. The first-order chi connectivity index (χ1) is 9.10. The predicted octanol–water partition coefficient (Wildman–Crippen LogP) is 4.60. The van der Waals surface area contributed by atoms with Crippen molar-refractivity contribution in [1.29, 1.82) is 0 Å². The summed E-state index contributed by atoms with van der Waals surface area (Å²) in [6.45, 7) is 2.52. The Hall–Kier alpha value is -1.22. The molecule has 4 heteroatoms. The van der Waals surface area contributed by atoms with Crippen LogP contribution >= 0.6 is 23.2 Å². The molecule has 0 aromatic heterocycles. The Morgan fingerprint density at radius 3 is 2.47 bits per heavy atom. The molecule has 0 heterocycles. The quantitative estimate of drug-likeness (QED) is 0.895. The third kappa shape index (κ3) is 3.63. The molecular weight excluding hydrogens is 281 g/mol. The van der Waals surface area contributed by atoms with Gasteiger partial charge in [0.25, 0.3) is 0 Å². The average molecular weight is 296 g/mol. The van der Waals surface area contributed by atoms with Crippen LogP contribution in [0.4, 0.5) is 0 Å². The maximum atomic E-state index is 6.16. The Kier molecular flexibility index (Phi) is 4.70.